The van der Waals surface area contributed by atoms with E-state index in [4.69, 9.17) is 4.74 Å². The highest BCUT2D eigenvalue weighted by Gasteiger charge is 2.21. The molecule has 11 heavy (non-hydrogen) atoms. The molecule has 3 heteroatoms. The van der Waals surface area contributed by atoms with Gasteiger partial charge in [-0.1, -0.05) is 0 Å². The van der Waals surface area contributed by atoms with Crippen molar-refractivity contribution in [2.75, 3.05) is 19.7 Å². The summed E-state index contributed by atoms with van der Waals surface area (Å²) in [5.74, 6) is 0.344. The van der Waals surface area contributed by atoms with E-state index in [1.807, 2.05) is 6.92 Å². The smallest absolute Gasteiger partial charge is 0.157 e. The summed E-state index contributed by atoms with van der Waals surface area (Å²) in [7, 11) is 0. The Morgan fingerprint density at radius 3 is 2.73 bits per heavy atom. The number of nitrogens with one attached hydrogen (secondary N) is 1. The minimum Gasteiger partial charge on any atom is -0.368 e. The maximum Gasteiger partial charge on any atom is 0.157 e. The summed E-state index contributed by atoms with van der Waals surface area (Å²) in [5.41, 5.74) is 0. The fraction of sp³-hybridized carbons (Fsp3) is 1.00. The molecule has 0 aromatic heterocycles. The first-order valence-electron chi connectivity index (χ1n) is 4.35. The van der Waals surface area contributed by atoms with Gasteiger partial charge in [-0.15, -0.1) is 0 Å². The zero-order chi connectivity index (χ0) is 8.10. The van der Waals surface area contributed by atoms with E-state index in [2.05, 4.69) is 5.32 Å². The Morgan fingerprint density at radius 2 is 2.18 bits per heavy atom. The number of hydrogen-bond donors (Lipinski definition) is 2. The van der Waals surface area contributed by atoms with E-state index >= 15 is 0 Å². The molecule has 1 aliphatic heterocycles. The largest absolute Gasteiger partial charge is 0.368 e. The van der Waals surface area contributed by atoms with Crippen molar-refractivity contribution < 1.29 is 9.84 Å². The van der Waals surface area contributed by atoms with Crippen LogP contribution >= 0.6 is 0 Å². The zero-order valence-electron chi connectivity index (χ0n) is 7.05. The number of hydrogen-bond acceptors (Lipinski definition) is 3. The topological polar surface area (TPSA) is 41.5 Å². The first-order valence-corrected chi connectivity index (χ1v) is 4.35. The molecule has 0 spiro atoms. The van der Waals surface area contributed by atoms with Crippen molar-refractivity contribution in [1.82, 2.24) is 5.32 Å². The molecule has 0 bridgehead atoms. The van der Waals surface area contributed by atoms with Crippen LogP contribution < -0.4 is 5.32 Å². The molecule has 0 saturated carbocycles. The molecular weight excluding hydrogens is 142 g/mol. The quantitative estimate of drug-likeness (QED) is 0.583. The Morgan fingerprint density at radius 1 is 1.55 bits per heavy atom. The van der Waals surface area contributed by atoms with E-state index in [0.717, 1.165) is 25.9 Å². The molecule has 1 unspecified atom stereocenters. The van der Waals surface area contributed by atoms with Crippen molar-refractivity contribution in [1.29, 1.82) is 0 Å². The summed E-state index contributed by atoms with van der Waals surface area (Å²) in [4.78, 5) is 0. The summed E-state index contributed by atoms with van der Waals surface area (Å²) in [5, 5.41) is 12.7. The van der Waals surface area contributed by atoms with Gasteiger partial charge in [0.2, 0.25) is 0 Å². The van der Waals surface area contributed by atoms with Crippen LogP contribution in [-0.2, 0) is 4.74 Å². The molecule has 1 fully saturated rings. The van der Waals surface area contributed by atoms with Gasteiger partial charge in [0.1, 0.15) is 0 Å². The van der Waals surface area contributed by atoms with E-state index in [0.29, 0.717) is 12.5 Å². The van der Waals surface area contributed by atoms with Crippen molar-refractivity contribution in [3.8, 4) is 0 Å². The Bertz CT molecular complexity index is 102. The summed E-state index contributed by atoms with van der Waals surface area (Å²) < 4.78 is 5.11. The van der Waals surface area contributed by atoms with Crippen LogP contribution in [0.5, 0.6) is 0 Å². The predicted octanol–water partition coefficient (Wildman–Crippen LogP) is 0.341. The van der Waals surface area contributed by atoms with Crippen molar-refractivity contribution in [3.63, 3.8) is 0 Å². The summed E-state index contributed by atoms with van der Waals surface area (Å²) in [6, 6.07) is 0. The second-order valence-corrected chi connectivity index (χ2v) is 2.93. The van der Waals surface area contributed by atoms with E-state index < -0.39 is 6.29 Å². The summed E-state index contributed by atoms with van der Waals surface area (Å²) >= 11 is 0. The molecule has 0 radical (unpaired) electrons. The van der Waals surface area contributed by atoms with E-state index in [-0.39, 0.29) is 0 Å². The molecule has 2 N–H and O–H groups in total. The van der Waals surface area contributed by atoms with Crippen LogP contribution in [-0.4, -0.2) is 31.1 Å². The van der Waals surface area contributed by atoms with Crippen LogP contribution in [0.2, 0.25) is 0 Å². The molecule has 0 amide bonds. The van der Waals surface area contributed by atoms with Crippen LogP contribution in [0.25, 0.3) is 0 Å². The first-order chi connectivity index (χ1) is 5.34. The van der Waals surface area contributed by atoms with Gasteiger partial charge in [-0.3, -0.25) is 0 Å². The van der Waals surface area contributed by atoms with Crippen LogP contribution in [0, 0.1) is 5.92 Å². The van der Waals surface area contributed by atoms with Gasteiger partial charge < -0.3 is 15.2 Å². The summed E-state index contributed by atoms with van der Waals surface area (Å²) in [6.07, 6.45) is 1.52. The molecule has 1 heterocycles. The standard InChI is InChI=1S/C8H17NO2/c1-2-11-8(10)7-3-5-9-6-4-7/h7-10H,2-6H2,1H3. The molecule has 1 atom stereocenters. The molecular formula is C8H17NO2. The number of ether oxygens (including phenoxy) is 1. The van der Waals surface area contributed by atoms with Crippen LogP contribution in [0.3, 0.4) is 0 Å². The Labute approximate surface area is 67.7 Å². The number of aliphatic hydroxyl groups is 1. The lowest BCUT2D eigenvalue weighted by Gasteiger charge is -2.26. The van der Waals surface area contributed by atoms with Gasteiger partial charge in [0.15, 0.2) is 6.29 Å². The first kappa shape index (κ1) is 8.97. The van der Waals surface area contributed by atoms with Crippen molar-refractivity contribution >= 4 is 0 Å². The van der Waals surface area contributed by atoms with Gasteiger partial charge >= 0.3 is 0 Å². The highest BCUT2D eigenvalue weighted by Crippen LogP contribution is 2.16. The average molecular weight is 159 g/mol. The number of piperidine rings is 1. The van der Waals surface area contributed by atoms with E-state index in [9.17, 15) is 5.11 Å². The van der Waals surface area contributed by atoms with Gasteiger partial charge in [0, 0.05) is 12.5 Å². The minimum absolute atomic E-state index is 0.344. The molecule has 0 aromatic carbocycles. The fourth-order valence-electron chi connectivity index (χ4n) is 1.44. The van der Waals surface area contributed by atoms with Gasteiger partial charge in [-0.2, -0.15) is 0 Å². The Hall–Kier alpha value is -0.120. The van der Waals surface area contributed by atoms with E-state index in [1.54, 1.807) is 0 Å². The van der Waals surface area contributed by atoms with Gasteiger partial charge in [0.05, 0.1) is 0 Å². The second kappa shape index (κ2) is 4.70. The van der Waals surface area contributed by atoms with Gasteiger partial charge in [-0.25, -0.2) is 0 Å². The highest BCUT2D eigenvalue weighted by molar-refractivity contribution is 4.70. The van der Waals surface area contributed by atoms with Gasteiger partial charge in [0.25, 0.3) is 0 Å². The fourth-order valence-corrected chi connectivity index (χ4v) is 1.44. The molecule has 0 aliphatic carbocycles. The van der Waals surface area contributed by atoms with Crippen LogP contribution in [0.4, 0.5) is 0 Å². The third kappa shape index (κ3) is 2.77. The van der Waals surface area contributed by atoms with E-state index in [1.165, 1.54) is 0 Å². The lowest BCUT2D eigenvalue weighted by molar-refractivity contribution is -0.135. The zero-order valence-corrected chi connectivity index (χ0v) is 7.05. The third-order valence-corrected chi connectivity index (χ3v) is 2.12. The lowest BCUT2D eigenvalue weighted by atomic mass is 9.98. The highest BCUT2D eigenvalue weighted by atomic mass is 16.6. The van der Waals surface area contributed by atoms with Crippen LogP contribution in [0.15, 0.2) is 0 Å². The maximum atomic E-state index is 9.42. The summed E-state index contributed by atoms with van der Waals surface area (Å²) in [6.45, 7) is 4.53. The third-order valence-electron chi connectivity index (χ3n) is 2.12. The lowest BCUT2D eigenvalue weighted by Crippen LogP contribution is -2.35. The van der Waals surface area contributed by atoms with Crippen molar-refractivity contribution in [3.05, 3.63) is 0 Å². The molecule has 1 rings (SSSR count). The molecule has 1 aliphatic rings. The molecule has 3 nitrogen and oxygen atoms in total. The number of rotatable bonds is 3. The Kier molecular flexibility index (Phi) is 3.83. The molecule has 0 aromatic rings. The number of aliphatic hydroxyl groups excluding tert-OH is 1. The Balaban J connectivity index is 2.21. The monoisotopic (exact) mass is 159 g/mol. The predicted molar refractivity (Wildman–Crippen MR) is 43.2 cm³/mol. The molecule has 1 saturated heterocycles. The SMILES string of the molecule is CCOC(O)C1CCNCC1. The molecule has 66 valence electrons. The normalized spacial score (nSPS) is 23.5. The van der Waals surface area contributed by atoms with Gasteiger partial charge in [-0.05, 0) is 32.9 Å². The van der Waals surface area contributed by atoms with Crippen molar-refractivity contribution in [2.45, 2.75) is 26.1 Å². The average Bonchev–Trinajstić information content (AvgIpc) is 2.07. The van der Waals surface area contributed by atoms with Crippen LogP contribution in [0.1, 0.15) is 19.8 Å². The second-order valence-electron chi connectivity index (χ2n) is 2.93. The maximum absolute atomic E-state index is 9.42. The van der Waals surface area contributed by atoms with Crippen molar-refractivity contribution in [2.24, 2.45) is 5.92 Å². The minimum atomic E-state index is -0.540.